The predicted molar refractivity (Wildman–Crippen MR) is 129 cm³/mol. The maximum Gasteiger partial charge on any atom is 0.253 e. The highest BCUT2D eigenvalue weighted by molar-refractivity contribution is 5.95. The minimum Gasteiger partial charge on any atom is -0.482 e. The van der Waals surface area contributed by atoms with Gasteiger partial charge in [-0.05, 0) is 62.7 Å². The van der Waals surface area contributed by atoms with Crippen molar-refractivity contribution in [2.45, 2.75) is 59.1 Å². The number of para-hydroxylation sites is 1. The fourth-order valence-electron chi connectivity index (χ4n) is 4.54. The Balaban J connectivity index is 0.00000132. The summed E-state index contributed by atoms with van der Waals surface area (Å²) in [5, 5.41) is 3.52. The van der Waals surface area contributed by atoms with Crippen molar-refractivity contribution >= 4 is 11.5 Å². The monoisotopic (exact) mass is 420 g/mol. The molecule has 2 atom stereocenters. The number of rotatable bonds is 4. The third kappa shape index (κ3) is 4.85. The SMILES string of the molecule is CC.CCN(CC)C(=O)c1ccc(C2=CC3(CCNC(C)C3)Oc3ccccc32)cc1. The van der Waals surface area contributed by atoms with Gasteiger partial charge in [0.1, 0.15) is 11.4 Å². The second-order valence-electron chi connectivity index (χ2n) is 8.09. The van der Waals surface area contributed by atoms with E-state index in [1.807, 2.05) is 50.8 Å². The molecule has 0 saturated carbocycles. The number of carbonyl (C=O) groups excluding carboxylic acids is 1. The van der Waals surface area contributed by atoms with Crippen molar-refractivity contribution < 1.29 is 9.53 Å². The molecule has 1 fully saturated rings. The van der Waals surface area contributed by atoms with Gasteiger partial charge in [-0.1, -0.05) is 44.2 Å². The smallest absolute Gasteiger partial charge is 0.253 e. The van der Waals surface area contributed by atoms with E-state index in [9.17, 15) is 4.79 Å². The number of fused-ring (bicyclic) bond motifs is 1. The van der Waals surface area contributed by atoms with E-state index in [0.29, 0.717) is 6.04 Å². The lowest BCUT2D eigenvalue weighted by molar-refractivity contribution is 0.0667. The van der Waals surface area contributed by atoms with Gasteiger partial charge in [-0.15, -0.1) is 0 Å². The van der Waals surface area contributed by atoms with Gasteiger partial charge in [0, 0.05) is 43.1 Å². The third-order valence-corrected chi connectivity index (χ3v) is 6.08. The summed E-state index contributed by atoms with van der Waals surface area (Å²) in [5.74, 6) is 1.04. The van der Waals surface area contributed by atoms with Crippen LogP contribution in [0.4, 0.5) is 0 Å². The Hall–Kier alpha value is -2.59. The van der Waals surface area contributed by atoms with Gasteiger partial charge in [0.25, 0.3) is 5.91 Å². The molecule has 2 aliphatic heterocycles. The summed E-state index contributed by atoms with van der Waals surface area (Å²) in [5.41, 5.74) is 3.91. The highest BCUT2D eigenvalue weighted by Gasteiger charge is 2.39. The van der Waals surface area contributed by atoms with Crippen molar-refractivity contribution in [2.75, 3.05) is 19.6 Å². The Labute approximate surface area is 187 Å². The van der Waals surface area contributed by atoms with Crippen LogP contribution in [-0.4, -0.2) is 42.1 Å². The van der Waals surface area contributed by atoms with Crippen molar-refractivity contribution in [1.29, 1.82) is 0 Å². The Morgan fingerprint density at radius 3 is 2.42 bits per heavy atom. The summed E-state index contributed by atoms with van der Waals surface area (Å²) in [7, 11) is 0. The molecule has 31 heavy (non-hydrogen) atoms. The topological polar surface area (TPSA) is 41.6 Å². The third-order valence-electron chi connectivity index (χ3n) is 6.08. The van der Waals surface area contributed by atoms with Crippen LogP contribution in [0.3, 0.4) is 0 Å². The zero-order chi connectivity index (χ0) is 22.4. The number of nitrogens with one attached hydrogen (secondary N) is 1. The lowest BCUT2D eigenvalue weighted by Gasteiger charge is -2.42. The molecule has 0 aliphatic carbocycles. The first kappa shape index (κ1) is 23.1. The van der Waals surface area contributed by atoms with Crippen LogP contribution >= 0.6 is 0 Å². The van der Waals surface area contributed by atoms with Crippen LogP contribution in [-0.2, 0) is 0 Å². The Morgan fingerprint density at radius 2 is 1.77 bits per heavy atom. The first-order chi connectivity index (χ1) is 15.0. The molecule has 2 heterocycles. The standard InChI is InChI=1S/C25H30N2O2.C2H6/c1-4-27(5-2)24(28)20-12-10-19(11-13-20)22-17-25(14-15-26-18(3)16-25)29-23-9-7-6-8-21(22)23;1-2/h6-13,17-18,26H,4-5,14-16H2,1-3H3;1-2H3. The van der Waals surface area contributed by atoms with E-state index < -0.39 is 0 Å². The minimum absolute atomic E-state index is 0.0894. The molecule has 1 spiro atoms. The lowest BCUT2D eigenvalue weighted by atomic mass is 9.81. The summed E-state index contributed by atoms with van der Waals surface area (Å²) < 4.78 is 6.53. The molecule has 2 aromatic rings. The maximum atomic E-state index is 12.7. The number of benzene rings is 2. The molecular weight excluding hydrogens is 384 g/mol. The second kappa shape index (κ2) is 10.1. The summed E-state index contributed by atoms with van der Waals surface area (Å²) >= 11 is 0. The zero-order valence-corrected chi connectivity index (χ0v) is 19.6. The quantitative estimate of drug-likeness (QED) is 0.707. The van der Waals surface area contributed by atoms with Gasteiger partial charge in [0.15, 0.2) is 0 Å². The Bertz CT molecular complexity index is 915. The van der Waals surface area contributed by atoms with Gasteiger partial charge in [-0.25, -0.2) is 0 Å². The minimum atomic E-state index is -0.274. The molecule has 0 bridgehead atoms. The number of ether oxygens (including phenoxy) is 1. The van der Waals surface area contributed by atoms with Crippen LogP contribution in [0.25, 0.3) is 5.57 Å². The molecule has 0 radical (unpaired) electrons. The van der Waals surface area contributed by atoms with Crippen LogP contribution in [0.2, 0.25) is 0 Å². The summed E-state index contributed by atoms with van der Waals surface area (Å²) in [6, 6.07) is 16.7. The average molecular weight is 421 g/mol. The average Bonchev–Trinajstić information content (AvgIpc) is 2.80. The number of hydrogen-bond acceptors (Lipinski definition) is 3. The number of piperidine rings is 1. The molecule has 0 aromatic heterocycles. The van der Waals surface area contributed by atoms with E-state index in [2.05, 4.69) is 48.6 Å². The summed E-state index contributed by atoms with van der Waals surface area (Å²) in [6.45, 7) is 12.6. The van der Waals surface area contributed by atoms with Crippen molar-refractivity contribution in [3.05, 3.63) is 71.3 Å². The number of amides is 1. The molecule has 2 aromatic carbocycles. The summed E-state index contributed by atoms with van der Waals surface area (Å²) in [6.07, 6.45) is 4.21. The zero-order valence-electron chi connectivity index (χ0n) is 19.6. The molecule has 166 valence electrons. The van der Waals surface area contributed by atoms with E-state index in [1.54, 1.807) is 0 Å². The highest BCUT2D eigenvalue weighted by atomic mass is 16.5. The maximum absolute atomic E-state index is 12.7. The molecule has 4 rings (SSSR count). The van der Waals surface area contributed by atoms with Gasteiger partial charge in [-0.2, -0.15) is 0 Å². The molecule has 1 saturated heterocycles. The first-order valence-corrected chi connectivity index (χ1v) is 11.7. The summed E-state index contributed by atoms with van der Waals surface area (Å²) in [4.78, 5) is 14.5. The van der Waals surface area contributed by atoms with E-state index in [0.717, 1.165) is 54.9 Å². The van der Waals surface area contributed by atoms with Gasteiger partial charge in [-0.3, -0.25) is 4.79 Å². The molecule has 4 nitrogen and oxygen atoms in total. The van der Waals surface area contributed by atoms with Crippen LogP contribution in [0.1, 0.15) is 68.9 Å². The van der Waals surface area contributed by atoms with Gasteiger partial charge in [0.05, 0.1) is 0 Å². The van der Waals surface area contributed by atoms with E-state index >= 15 is 0 Å². The molecular formula is C27H36N2O2. The van der Waals surface area contributed by atoms with Crippen molar-refractivity contribution in [3.63, 3.8) is 0 Å². The number of nitrogens with zero attached hydrogens (tertiary/aromatic N) is 1. The Morgan fingerprint density at radius 1 is 1.10 bits per heavy atom. The molecule has 1 amide bonds. The Kier molecular flexibility index (Phi) is 7.55. The van der Waals surface area contributed by atoms with Crippen LogP contribution in [0.15, 0.2) is 54.6 Å². The van der Waals surface area contributed by atoms with Crippen LogP contribution in [0.5, 0.6) is 5.75 Å². The first-order valence-electron chi connectivity index (χ1n) is 11.7. The fraction of sp³-hybridized carbons (Fsp3) is 0.444. The molecule has 4 heteroatoms. The van der Waals surface area contributed by atoms with Crippen molar-refractivity contribution in [2.24, 2.45) is 0 Å². The number of hydrogen-bond donors (Lipinski definition) is 1. The van der Waals surface area contributed by atoms with Crippen molar-refractivity contribution in [1.82, 2.24) is 10.2 Å². The van der Waals surface area contributed by atoms with Crippen molar-refractivity contribution in [3.8, 4) is 5.75 Å². The van der Waals surface area contributed by atoms with Gasteiger partial charge >= 0.3 is 0 Å². The second-order valence-corrected chi connectivity index (χ2v) is 8.09. The van der Waals surface area contributed by atoms with E-state index in [1.165, 1.54) is 5.57 Å². The van der Waals surface area contributed by atoms with E-state index in [-0.39, 0.29) is 11.5 Å². The fourth-order valence-corrected chi connectivity index (χ4v) is 4.54. The van der Waals surface area contributed by atoms with Crippen LogP contribution in [0, 0.1) is 0 Å². The van der Waals surface area contributed by atoms with Gasteiger partial charge < -0.3 is 15.0 Å². The largest absolute Gasteiger partial charge is 0.482 e. The molecule has 2 unspecified atom stereocenters. The molecule has 1 N–H and O–H groups in total. The molecule has 2 aliphatic rings. The highest BCUT2D eigenvalue weighted by Crippen LogP contribution is 2.43. The van der Waals surface area contributed by atoms with Crippen LogP contribution < -0.4 is 10.1 Å². The van der Waals surface area contributed by atoms with E-state index in [4.69, 9.17) is 4.74 Å². The lowest BCUT2D eigenvalue weighted by Crippen LogP contribution is -2.50. The predicted octanol–water partition coefficient (Wildman–Crippen LogP) is 5.53. The van der Waals surface area contributed by atoms with Gasteiger partial charge in [0.2, 0.25) is 0 Å². The number of carbonyl (C=O) groups is 1. The normalized spacial score (nSPS) is 21.8.